The molecule has 0 heteroatoms. The van der Waals surface area contributed by atoms with Gasteiger partial charge in [0.1, 0.15) is 0 Å². The minimum absolute atomic E-state index is 0.400. The van der Waals surface area contributed by atoms with Crippen molar-refractivity contribution in [3.05, 3.63) is 23.3 Å². The molecular weight excluding hydrogens is 192 g/mol. The molecule has 0 saturated carbocycles. The summed E-state index contributed by atoms with van der Waals surface area (Å²) in [5, 5.41) is 0. The molecule has 0 aromatic heterocycles. The van der Waals surface area contributed by atoms with E-state index >= 15 is 0 Å². The molecule has 0 bridgehead atoms. The summed E-state index contributed by atoms with van der Waals surface area (Å²) in [7, 11) is 0. The van der Waals surface area contributed by atoms with Crippen molar-refractivity contribution in [1.82, 2.24) is 0 Å². The summed E-state index contributed by atoms with van der Waals surface area (Å²) >= 11 is 0. The highest BCUT2D eigenvalue weighted by atomic mass is 14.5. The fourth-order valence-corrected chi connectivity index (χ4v) is 3.75. The van der Waals surface area contributed by atoms with Gasteiger partial charge in [-0.1, -0.05) is 37.1 Å². The minimum Gasteiger partial charge on any atom is -0.0788 e. The van der Waals surface area contributed by atoms with Crippen LogP contribution in [-0.2, 0) is 0 Å². The molecule has 0 saturated heterocycles. The van der Waals surface area contributed by atoms with Crippen molar-refractivity contribution in [2.45, 2.75) is 66.2 Å². The van der Waals surface area contributed by atoms with Crippen LogP contribution in [0.5, 0.6) is 0 Å². The summed E-state index contributed by atoms with van der Waals surface area (Å²) in [4.78, 5) is 0. The molecule has 0 nitrogen and oxygen atoms in total. The predicted octanol–water partition coefficient (Wildman–Crippen LogP) is 5.26. The predicted molar refractivity (Wildman–Crippen MR) is 71.4 cm³/mol. The second kappa shape index (κ2) is 4.05. The maximum atomic E-state index is 2.58. The molecule has 2 unspecified atom stereocenters. The first-order valence-electron chi connectivity index (χ1n) is 6.82. The Balaban J connectivity index is 2.35. The van der Waals surface area contributed by atoms with Crippen LogP contribution in [0, 0.1) is 10.8 Å². The van der Waals surface area contributed by atoms with Crippen LogP contribution in [0.15, 0.2) is 23.3 Å². The highest BCUT2D eigenvalue weighted by molar-refractivity contribution is 5.23. The standard InChI is InChI=1S/C16H26/c1-13-7-5-9-15(3,11-13)16(4)10-6-8-14(2)12-16/h11-12H,5-10H2,1-4H3. The molecule has 16 heavy (non-hydrogen) atoms. The maximum absolute atomic E-state index is 2.58. The Morgan fingerprint density at radius 2 is 1.19 bits per heavy atom. The molecule has 0 heterocycles. The summed E-state index contributed by atoms with van der Waals surface area (Å²) in [5.74, 6) is 0. The van der Waals surface area contributed by atoms with E-state index in [9.17, 15) is 0 Å². The van der Waals surface area contributed by atoms with Crippen LogP contribution in [-0.4, -0.2) is 0 Å². The molecule has 0 aromatic carbocycles. The van der Waals surface area contributed by atoms with E-state index in [1.165, 1.54) is 38.5 Å². The van der Waals surface area contributed by atoms with Crippen LogP contribution < -0.4 is 0 Å². The number of rotatable bonds is 1. The summed E-state index contributed by atoms with van der Waals surface area (Å²) in [5.41, 5.74) is 4.01. The molecule has 0 N–H and O–H groups in total. The van der Waals surface area contributed by atoms with Crippen LogP contribution in [0.1, 0.15) is 66.2 Å². The van der Waals surface area contributed by atoms with Crippen molar-refractivity contribution in [2.75, 3.05) is 0 Å². The highest BCUT2D eigenvalue weighted by Gasteiger charge is 2.42. The van der Waals surface area contributed by atoms with Gasteiger partial charge in [-0.05, 0) is 63.2 Å². The molecule has 0 amide bonds. The Kier molecular flexibility index (Phi) is 3.03. The SMILES string of the molecule is CC1=CC(C)(C2(C)C=C(C)CCC2)CCC1. The van der Waals surface area contributed by atoms with Crippen LogP contribution in [0.3, 0.4) is 0 Å². The number of hydrogen-bond acceptors (Lipinski definition) is 0. The van der Waals surface area contributed by atoms with E-state index in [1.807, 2.05) is 0 Å². The van der Waals surface area contributed by atoms with Crippen molar-refractivity contribution in [3.63, 3.8) is 0 Å². The first kappa shape index (κ1) is 12.0. The van der Waals surface area contributed by atoms with Crippen molar-refractivity contribution < 1.29 is 0 Å². The van der Waals surface area contributed by atoms with E-state index in [1.54, 1.807) is 11.1 Å². The van der Waals surface area contributed by atoms with E-state index in [-0.39, 0.29) is 0 Å². The molecule has 0 fully saturated rings. The Morgan fingerprint density at radius 1 is 0.812 bits per heavy atom. The van der Waals surface area contributed by atoms with Gasteiger partial charge in [0.05, 0.1) is 0 Å². The zero-order valence-corrected chi connectivity index (χ0v) is 11.4. The average molecular weight is 218 g/mol. The average Bonchev–Trinajstić information content (AvgIpc) is 2.16. The van der Waals surface area contributed by atoms with Gasteiger partial charge in [0.2, 0.25) is 0 Å². The first-order valence-corrected chi connectivity index (χ1v) is 6.82. The molecule has 2 atom stereocenters. The smallest absolute Gasteiger partial charge is 0.00555 e. The summed E-state index contributed by atoms with van der Waals surface area (Å²) < 4.78 is 0. The van der Waals surface area contributed by atoms with E-state index in [0.29, 0.717) is 10.8 Å². The Labute approximate surface area is 101 Å². The second-order valence-electron chi connectivity index (χ2n) is 6.52. The lowest BCUT2D eigenvalue weighted by Gasteiger charge is -2.48. The molecule has 0 radical (unpaired) electrons. The van der Waals surface area contributed by atoms with Crippen molar-refractivity contribution in [3.8, 4) is 0 Å². The van der Waals surface area contributed by atoms with E-state index in [4.69, 9.17) is 0 Å². The number of allylic oxidation sites excluding steroid dienone is 4. The maximum Gasteiger partial charge on any atom is -0.00555 e. The fourth-order valence-electron chi connectivity index (χ4n) is 3.75. The van der Waals surface area contributed by atoms with Gasteiger partial charge in [-0.15, -0.1) is 0 Å². The molecule has 0 spiro atoms. The molecule has 2 rings (SSSR count). The third-order valence-corrected chi connectivity index (χ3v) is 4.97. The second-order valence-corrected chi connectivity index (χ2v) is 6.52. The summed E-state index contributed by atoms with van der Waals surface area (Å²) in [6.07, 6.45) is 13.3. The monoisotopic (exact) mass is 218 g/mol. The van der Waals surface area contributed by atoms with E-state index in [2.05, 4.69) is 39.8 Å². The van der Waals surface area contributed by atoms with Crippen molar-refractivity contribution in [2.24, 2.45) is 10.8 Å². The van der Waals surface area contributed by atoms with Crippen LogP contribution in [0.2, 0.25) is 0 Å². The van der Waals surface area contributed by atoms with Gasteiger partial charge in [0, 0.05) is 0 Å². The van der Waals surface area contributed by atoms with Gasteiger partial charge in [-0.2, -0.15) is 0 Å². The van der Waals surface area contributed by atoms with Gasteiger partial charge in [0.15, 0.2) is 0 Å². The summed E-state index contributed by atoms with van der Waals surface area (Å²) in [6, 6.07) is 0. The minimum atomic E-state index is 0.400. The first-order chi connectivity index (χ1) is 7.45. The molecule has 2 aliphatic rings. The van der Waals surface area contributed by atoms with Gasteiger partial charge in [-0.3, -0.25) is 0 Å². The topological polar surface area (TPSA) is 0 Å². The fraction of sp³-hybridized carbons (Fsp3) is 0.750. The third-order valence-electron chi connectivity index (χ3n) is 4.97. The van der Waals surface area contributed by atoms with Crippen LogP contribution in [0.25, 0.3) is 0 Å². The van der Waals surface area contributed by atoms with Gasteiger partial charge < -0.3 is 0 Å². The Bertz CT molecular complexity index is 300. The van der Waals surface area contributed by atoms with E-state index in [0.717, 1.165) is 0 Å². The van der Waals surface area contributed by atoms with Crippen LogP contribution >= 0.6 is 0 Å². The van der Waals surface area contributed by atoms with Crippen molar-refractivity contribution >= 4 is 0 Å². The molecule has 90 valence electrons. The third kappa shape index (κ3) is 1.99. The lowest BCUT2D eigenvalue weighted by molar-refractivity contribution is 0.133. The normalized spacial score (nSPS) is 40.2. The van der Waals surface area contributed by atoms with Crippen LogP contribution in [0.4, 0.5) is 0 Å². The molecule has 0 aromatic rings. The lowest BCUT2D eigenvalue weighted by atomic mass is 9.57. The molecule has 2 aliphatic carbocycles. The quantitative estimate of drug-likeness (QED) is 0.527. The zero-order valence-electron chi connectivity index (χ0n) is 11.4. The molecular formula is C16H26. The highest BCUT2D eigenvalue weighted by Crippen LogP contribution is 2.53. The summed E-state index contributed by atoms with van der Waals surface area (Å²) in [6.45, 7) is 9.57. The van der Waals surface area contributed by atoms with Gasteiger partial charge in [-0.25, -0.2) is 0 Å². The largest absolute Gasteiger partial charge is 0.0788 e. The van der Waals surface area contributed by atoms with E-state index < -0.39 is 0 Å². The van der Waals surface area contributed by atoms with Crippen molar-refractivity contribution in [1.29, 1.82) is 0 Å². The Hall–Kier alpha value is -0.520. The Morgan fingerprint density at radius 3 is 1.50 bits per heavy atom. The lowest BCUT2D eigenvalue weighted by Crippen LogP contribution is -2.37. The molecule has 0 aliphatic heterocycles. The van der Waals surface area contributed by atoms with Gasteiger partial charge >= 0.3 is 0 Å². The number of hydrogen-bond donors (Lipinski definition) is 0. The zero-order chi connectivity index (χ0) is 11.8. The van der Waals surface area contributed by atoms with Gasteiger partial charge in [0.25, 0.3) is 0 Å².